The Morgan fingerprint density at radius 1 is 1.23 bits per heavy atom. The molecule has 3 heteroatoms. The lowest BCUT2D eigenvalue weighted by atomic mass is 9.79. The molecule has 1 saturated carbocycles. The fourth-order valence-electron chi connectivity index (χ4n) is 2.29. The minimum Gasteiger partial charge on any atom is -0.509 e. The molecule has 1 atom stereocenters. The Hall–Kier alpha value is -0.700. The second-order valence-electron chi connectivity index (χ2n) is 4.35. The summed E-state index contributed by atoms with van der Waals surface area (Å²) >= 11 is 0. The first kappa shape index (κ1) is 8.88. The van der Waals surface area contributed by atoms with E-state index in [1.54, 1.807) is 0 Å². The summed E-state index contributed by atoms with van der Waals surface area (Å²) in [5.74, 6) is 0.648. The van der Waals surface area contributed by atoms with Gasteiger partial charge in [-0.2, -0.15) is 0 Å². The van der Waals surface area contributed by atoms with E-state index in [-0.39, 0.29) is 23.5 Å². The summed E-state index contributed by atoms with van der Waals surface area (Å²) < 4.78 is 0. The Kier molecular flexibility index (Phi) is 1.99. The van der Waals surface area contributed by atoms with Gasteiger partial charge in [-0.3, -0.25) is 0 Å². The van der Waals surface area contributed by atoms with Crippen molar-refractivity contribution in [3.63, 3.8) is 0 Å². The first-order chi connectivity index (χ1) is 6.18. The average molecular weight is 184 g/mol. The highest BCUT2D eigenvalue weighted by Gasteiger charge is 2.49. The van der Waals surface area contributed by atoms with Gasteiger partial charge in [-0.15, -0.1) is 0 Å². The summed E-state index contributed by atoms with van der Waals surface area (Å²) in [6, 6.07) is 0. The summed E-state index contributed by atoms with van der Waals surface area (Å²) in [4.78, 5) is 0. The minimum absolute atomic E-state index is 0.0781. The number of rotatable bonds is 2. The normalized spacial score (nSPS) is 31.9. The molecule has 2 aliphatic carbocycles. The maximum Gasteiger partial charge on any atom is 0.130 e. The van der Waals surface area contributed by atoms with Crippen LogP contribution < -0.4 is 0 Å². The zero-order valence-corrected chi connectivity index (χ0v) is 7.66. The van der Waals surface area contributed by atoms with Crippen molar-refractivity contribution in [1.29, 1.82) is 0 Å². The van der Waals surface area contributed by atoms with Crippen molar-refractivity contribution >= 4 is 0 Å². The van der Waals surface area contributed by atoms with Gasteiger partial charge in [-0.1, -0.05) is 0 Å². The van der Waals surface area contributed by atoms with Gasteiger partial charge in [0.15, 0.2) is 0 Å². The molecule has 3 N–H and O–H groups in total. The lowest BCUT2D eigenvalue weighted by Crippen LogP contribution is -2.23. The SMILES string of the molecule is OCC1(C2CCC(O)=C(O)C2)CC1. The zero-order valence-electron chi connectivity index (χ0n) is 7.66. The van der Waals surface area contributed by atoms with Crippen LogP contribution in [0.2, 0.25) is 0 Å². The lowest BCUT2D eigenvalue weighted by molar-refractivity contribution is 0.123. The van der Waals surface area contributed by atoms with Crippen molar-refractivity contribution in [2.24, 2.45) is 11.3 Å². The molecule has 13 heavy (non-hydrogen) atoms. The molecule has 0 aromatic heterocycles. The molecule has 3 nitrogen and oxygen atoms in total. The van der Waals surface area contributed by atoms with E-state index in [1.165, 1.54) is 0 Å². The number of allylic oxidation sites excluding steroid dienone is 2. The van der Waals surface area contributed by atoms with Gasteiger partial charge in [0.05, 0.1) is 0 Å². The van der Waals surface area contributed by atoms with E-state index >= 15 is 0 Å². The van der Waals surface area contributed by atoms with E-state index in [1.807, 2.05) is 0 Å². The van der Waals surface area contributed by atoms with Crippen LogP contribution in [0.15, 0.2) is 11.5 Å². The van der Waals surface area contributed by atoms with Crippen LogP contribution >= 0.6 is 0 Å². The Balaban J connectivity index is 2.05. The number of hydrogen-bond donors (Lipinski definition) is 3. The van der Waals surface area contributed by atoms with Crippen molar-refractivity contribution in [2.75, 3.05) is 6.61 Å². The van der Waals surface area contributed by atoms with Crippen LogP contribution in [0.4, 0.5) is 0 Å². The van der Waals surface area contributed by atoms with Crippen LogP contribution in [-0.2, 0) is 0 Å². The molecule has 0 radical (unpaired) electrons. The van der Waals surface area contributed by atoms with Gasteiger partial charge in [-0.25, -0.2) is 0 Å². The molecule has 2 rings (SSSR count). The van der Waals surface area contributed by atoms with E-state index in [0.717, 1.165) is 19.3 Å². The van der Waals surface area contributed by atoms with E-state index in [4.69, 9.17) is 0 Å². The molecule has 0 aromatic carbocycles. The van der Waals surface area contributed by atoms with Crippen LogP contribution in [0.5, 0.6) is 0 Å². The average Bonchev–Trinajstić information content (AvgIpc) is 2.90. The fourth-order valence-corrected chi connectivity index (χ4v) is 2.29. The monoisotopic (exact) mass is 184 g/mol. The van der Waals surface area contributed by atoms with Crippen molar-refractivity contribution in [3.05, 3.63) is 11.5 Å². The molecule has 0 aliphatic heterocycles. The van der Waals surface area contributed by atoms with Gasteiger partial charge >= 0.3 is 0 Å². The maximum absolute atomic E-state index is 9.38. The van der Waals surface area contributed by atoms with Crippen LogP contribution in [0.1, 0.15) is 32.1 Å². The molecular weight excluding hydrogens is 168 g/mol. The van der Waals surface area contributed by atoms with Gasteiger partial charge in [-0.05, 0) is 30.6 Å². The summed E-state index contributed by atoms with van der Waals surface area (Å²) in [7, 11) is 0. The first-order valence-corrected chi connectivity index (χ1v) is 4.89. The summed E-state index contributed by atoms with van der Waals surface area (Å²) in [6.07, 6.45) is 4.16. The highest BCUT2D eigenvalue weighted by Crippen LogP contribution is 2.56. The van der Waals surface area contributed by atoms with Gasteiger partial charge in [0.1, 0.15) is 11.5 Å². The first-order valence-electron chi connectivity index (χ1n) is 4.89. The quantitative estimate of drug-likeness (QED) is 0.614. The fraction of sp³-hybridized carbons (Fsp3) is 0.800. The molecule has 0 saturated heterocycles. The van der Waals surface area contributed by atoms with Crippen molar-refractivity contribution in [1.82, 2.24) is 0 Å². The molecule has 0 heterocycles. The second-order valence-corrected chi connectivity index (χ2v) is 4.35. The van der Waals surface area contributed by atoms with Gasteiger partial charge in [0, 0.05) is 19.4 Å². The highest BCUT2D eigenvalue weighted by molar-refractivity contribution is 5.10. The van der Waals surface area contributed by atoms with Gasteiger partial charge in [0.25, 0.3) is 0 Å². The Morgan fingerprint density at radius 2 is 1.92 bits per heavy atom. The molecule has 0 spiro atoms. The smallest absolute Gasteiger partial charge is 0.130 e. The Labute approximate surface area is 77.7 Å². The summed E-state index contributed by atoms with van der Waals surface area (Å²) in [6.45, 7) is 0.228. The van der Waals surface area contributed by atoms with E-state index in [9.17, 15) is 15.3 Å². The van der Waals surface area contributed by atoms with E-state index in [2.05, 4.69) is 0 Å². The Morgan fingerprint density at radius 3 is 2.38 bits per heavy atom. The predicted molar refractivity (Wildman–Crippen MR) is 48.4 cm³/mol. The maximum atomic E-state index is 9.38. The van der Waals surface area contributed by atoms with Crippen molar-refractivity contribution in [2.45, 2.75) is 32.1 Å². The third kappa shape index (κ3) is 1.41. The minimum atomic E-state index is 0.0781. The summed E-state index contributed by atoms with van der Waals surface area (Å²) in [5, 5.41) is 27.8. The number of aliphatic hydroxyl groups excluding tert-OH is 3. The Bertz CT molecular complexity index is 241. The van der Waals surface area contributed by atoms with E-state index < -0.39 is 0 Å². The third-order valence-electron chi connectivity index (χ3n) is 3.58. The lowest BCUT2D eigenvalue weighted by Gasteiger charge is -2.28. The molecule has 74 valence electrons. The van der Waals surface area contributed by atoms with Crippen molar-refractivity contribution in [3.8, 4) is 0 Å². The molecule has 1 unspecified atom stereocenters. The van der Waals surface area contributed by atoms with Gasteiger partial charge in [0.2, 0.25) is 0 Å². The molecule has 0 amide bonds. The molecular formula is C10H16O3. The van der Waals surface area contributed by atoms with Gasteiger partial charge < -0.3 is 15.3 Å². The van der Waals surface area contributed by atoms with Crippen LogP contribution in [0, 0.1) is 11.3 Å². The molecule has 1 fully saturated rings. The topological polar surface area (TPSA) is 60.7 Å². The number of hydrogen-bond acceptors (Lipinski definition) is 3. The summed E-state index contributed by atoms with van der Waals surface area (Å²) in [5.41, 5.74) is 0.0781. The largest absolute Gasteiger partial charge is 0.509 e. The number of aliphatic hydroxyl groups is 3. The van der Waals surface area contributed by atoms with E-state index in [0.29, 0.717) is 18.8 Å². The molecule has 2 aliphatic rings. The third-order valence-corrected chi connectivity index (χ3v) is 3.58. The van der Waals surface area contributed by atoms with Crippen LogP contribution in [0.3, 0.4) is 0 Å². The standard InChI is InChI=1S/C10H16O3/c11-6-10(3-4-10)7-1-2-8(12)9(13)5-7/h7,11-13H,1-6H2. The highest BCUT2D eigenvalue weighted by atomic mass is 16.3. The zero-order chi connectivity index (χ0) is 9.47. The second kappa shape index (κ2) is 2.91. The predicted octanol–water partition coefficient (Wildman–Crippen LogP) is 1.89. The van der Waals surface area contributed by atoms with Crippen LogP contribution in [-0.4, -0.2) is 21.9 Å². The van der Waals surface area contributed by atoms with Crippen LogP contribution in [0.25, 0.3) is 0 Å². The van der Waals surface area contributed by atoms with Crippen molar-refractivity contribution < 1.29 is 15.3 Å². The molecule has 0 aromatic rings. The molecule has 0 bridgehead atoms.